The Hall–Kier alpha value is -1.25. The van der Waals surface area contributed by atoms with Crippen molar-refractivity contribution in [3.63, 3.8) is 0 Å². The van der Waals surface area contributed by atoms with E-state index in [0.29, 0.717) is 17.9 Å². The van der Waals surface area contributed by atoms with Crippen LogP contribution in [0.25, 0.3) is 0 Å². The maximum atomic E-state index is 13.4. The number of nitrogens with zero attached hydrogens (tertiary/aromatic N) is 2. The summed E-state index contributed by atoms with van der Waals surface area (Å²) in [6, 6.07) is 0. The van der Waals surface area contributed by atoms with Crippen molar-refractivity contribution in [3.8, 4) is 0 Å². The van der Waals surface area contributed by atoms with Crippen molar-refractivity contribution in [1.29, 1.82) is 0 Å². The van der Waals surface area contributed by atoms with Crippen molar-refractivity contribution < 1.29 is 27.9 Å². The molecule has 3 rings (SSSR count). The maximum Gasteiger partial charge on any atom is 0.425 e. The summed E-state index contributed by atoms with van der Waals surface area (Å²) in [6.07, 6.45) is 5.88. The number of fused-ring (bicyclic) bond motifs is 1. The summed E-state index contributed by atoms with van der Waals surface area (Å²) in [5.74, 6) is 1.08. The molecule has 1 saturated heterocycles. The average molecular weight is 459 g/mol. The molecule has 1 aliphatic carbocycles. The molecular formula is C20H31N2O6PS. The van der Waals surface area contributed by atoms with E-state index in [1.54, 1.807) is 24.3 Å². The van der Waals surface area contributed by atoms with Gasteiger partial charge in [-0.25, -0.2) is 13.7 Å². The molecule has 2 unspecified atom stereocenters. The van der Waals surface area contributed by atoms with Gasteiger partial charge in [-0.1, -0.05) is 26.8 Å². The van der Waals surface area contributed by atoms with Gasteiger partial charge in [0.25, 0.3) is 0 Å². The van der Waals surface area contributed by atoms with Crippen molar-refractivity contribution in [2.75, 3.05) is 13.7 Å². The van der Waals surface area contributed by atoms with Crippen LogP contribution in [0, 0.1) is 5.41 Å². The molecule has 0 aromatic heterocycles. The molecule has 30 heavy (non-hydrogen) atoms. The van der Waals surface area contributed by atoms with Crippen LogP contribution in [-0.4, -0.2) is 39.8 Å². The molecule has 3 aliphatic rings. The highest BCUT2D eigenvalue weighted by Gasteiger charge is 2.49. The van der Waals surface area contributed by atoms with E-state index in [2.05, 4.69) is 0 Å². The molecule has 0 aromatic rings. The van der Waals surface area contributed by atoms with Crippen LogP contribution in [-0.2, 0) is 23.1 Å². The van der Waals surface area contributed by atoms with Gasteiger partial charge in [0.2, 0.25) is 0 Å². The third-order valence-electron chi connectivity index (χ3n) is 5.34. The van der Waals surface area contributed by atoms with Crippen LogP contribution in [0.15, 0.2) is 35.5 Å². The monoisotopic (exact) mass is 458 g/mol. The lowest BCUT2D eigenvalue weighted by Crippen LogP contribution is -2.40. The van der Waals surface area contributed by atoms with Gasteiger partial charge < -0.3 is 9.47 Å². The van der Waals surface area contributed by atoms with Gasteiger partial charge >= 0.3 is 13.8 Å². The van der Waals surface area contributed by atoms with Crippen LogP contribution < -0.4 is 0 Å². The van der Waals surface area contributed by atoms with Crippen molar-refractivity contribution in [2.45, 2.75) is 66.0 Å². The quantitative estimate of drug-likeness (QED) is 0.367. The van der Waals surface area contributed by atoms with E-state index in [-0.39, 0.29) is 18.1 Å². The van der Waals surface area contributed by atoms with Crippen molar-refractivity contribution in [1.82, 2.24) is 8.38 Å². The van der Waals surface area contributed by atoms with Crippen LogP contribution >= 0.6 is 19.9 Å². The summed E-state index contributed by atoms with van der Waals surface area (Å²) in [5.41, 5.74) is 0.0671. The second-order valence-electron chi connectivity index (χ2n) is 8.92. The minimum atomic E-state index is -3.56. The smallest absolute Gasteiger partial charge is 0.425 e. The van der Waals surface area contributed by atoms with Crippen molar-refractivity contribution >= 4 is 26.0 Å². The fourth-order valence-electron chi connectivity index (χ4n) is 3.31. The normalized spacial score (nSPS) is 27.7. The molecular weight excluding hydrogens is 427 g/mol. The van der Waals surface area contributed by atoms with Crippen LogP contribution in [0.3, 0.4) is 0 Å². The molecule has 0 spiro atoms. The maximum absolute atomic E-state index is 13.4. The molecule has 0 bridgehead atoms. The molecule has 10 heteroatoms. The highest BCUT2D eigenvalue weighted by molar-refractivity contribution is 7.99. The molecule has 168 valence electrons. The van der Waals surface area contributed by atoms with Gasteiger partial charge in [0.1, 0.15) is 0 Å². The van der Waals surface area contributed by atoms with Gasteiger partial charge in [-0.05, 0) is 45.3 Å². The Balaban J connectivity index is 1.79. The Morgan fingerprint density at radius 2 is 2.13 bits per heavy atom. The molecule has 0 N–H and O–H groups in total. The Labute approximate surface area is 183 Å². The van der Waals surface area contributed by atoms with E-state index in [4.69, 9.17) is 18.5 Å². The Morgan fingerprint density at radius 1 is 1.43 bits per heavy atom. The Kier molecular flexibility index (Phi) is 6.52. The van der Waals surface area contributed by atoms with Crippen molar-refractivity contribution in [2.24, 2.45) is 5.41 Å². The highest BCUT2D eigenvalue weighted by atomic mass is 32.2. The second-order valence-corrected chi connectivity index (χ2v) is 12.1. The van der Waals surface area contributed by atoms with Gasteiger partial charge in [0, 0.05) is 18.0 Å². The number of hydrogen-bond donors (Lipinski definition) is 0. The molecule has 1 fully saturated rings. The molecule has 0 saturated carbocycles. The molecule has 2 aliphatic heterocycles. The minimum Gasteiger partial charge on any atom is -0.461 e. The predicted octanol–water partition coefficient (Wildman–Crippen LogP) is 5.76. The summed E-state index contributed by atoms with van der Waals surface area (Å²) in [4.78, 5) is 13.0. The zero-order chi connectivity index (χ0) is 22.3. The lowest BCUT2D eigenvalue weighted by Gasteiger charge is -2.39. The zero-order valence-electron chi connectivity index (χ0n) is 18.6. The zero-order valence-corrected chi connectivity index (χ0v) is 20.3. The van der Waals surface area contributed by atoms with Crippen LogP contribution in [0.4, 0.5) is 4.79 Å². The first-order chi connectivity index (χ1) is 13.9. The minimum absolute atomic E-state index is 0.243. The third-order valence-corrected chi connectivity index (χ3v) is 9.29. The molecule has 0 aromatic carbocycles. The summed E-state index contributed by atoms with van der Waals surface area (Å²) in [5, 5.41) is 0. The first kappa shape index (κ1) is 23.4. The molecule has 2 atom stereocenters. The molecule has 0 radical (unpaired) electrons. The standard InChI is InChI=1S/C20H31N2O6PS/c1-8-20(5,6)22(29(24)26-13-14(2)28-29)30-21(7)18(23)27-17-16-15(10-9-11-25-16)12-19(17,3)4/h9-11,14H,8,12-13H2,1-7H3. The predicted molar refractivity (Wildman–Crippen MR) is 116 cm³/mol. The van der Waals surface area contributed by atoms with Gasteiger partial charge in [-0.15, -0.1) is 4.08 Å². The summed E-state index contributed by atoms with van der Waals surface area (Å²) < 4.78 is 38.8. The van der Waals surface area contributed by atoms with Crippen molar-refractivity contribution in [3.05, 3.63) is 35.5 Å². The lowest BCUT2D eigenvalue weighted by molar-refractivity contribution is 0.133. The molecule has 2 heterocycles. The number of hydrogen-bond acceptors (Lipinski definition) is 7. The number of carbonyl (C=O) groups excluding carboxylic acids is 1. The van der Waals surface area contributed by atoms with Gasteiger partial charge in [-0.3, -0.25) is 9.05 Å². The topological polar surface area (TPSA) is 77.5 Å². The number of rotatable bonds is 6. The summed E-state index contributed by atoms with van der Waals surface area (Å²) in [7, 11) is -1.99. The Bertz CT molecular complexity index is 850. The number of carbonyl (C=O) groups is 1. The number of allylic oxidation sites excluding steroid dienone is 4. The van der Waals surface area contributed by atoms with E-state index < -0.39 is 19.4 Å². The van der Waals surface area contributed by atoms with E-state index in [1.165, 1.54) is 4.31 Å². The third kappa shape index (κ3) is 4.50. The van der Waals surface area contributed by atoms with Crippen LogP contribution in [0.5, 0.6) is 0 Å². The fraction of sp³-hybridized carbons (Fsp3) is 0.650. The van der Waals surface area contributed by atoms with E-state index in [9.17, 15) is 9.36 Å². The van der Waals surface area contributed by atoms with Gasteiger partial charge in [0.05, 0.1) is 31.1 Å². The fourth-order valence-corrected chi connectivity index (χ4v) is 6.91. The number of ether oxygens (including phenoxy) is 2. The largest absolute Gasteiger partial charge is 0.461 e. The first-order valence-corrected chi connectivity index (χ1v) is 12.3. The summed E-state index contributed by atoms with van der Waals surface area (Å²) in [6.45, 7) is 11.9. The summed E-state index contributed by atoms with van der Waals surface area (Å²) >= 11 is 0.982. The Morgan fingerprint density at radius 3 is 2.73 bits per heavy atom. The van der Waals surface area contributed by atoms with Crippen LogP contribution in [0.2, 0.25) is 0 Å². The number of amides is 1. The highest BCUT2D eigenvalue weighted by Crippen LogP contribution is 2.63. The van der Waals surface area contributed by atoms with E-state index >= 15 is 0 Å². The lowest BCUT2D eigenvalue weighted by atomic mass is 9.90. The second kappa shape index (κ2) is 8.36. The first-order valence-electron chi connectivity index (χ1n) is 10.0. The molecule has 1 amide bonds. The van der Waals surface area contributed by atoms with Crippen LogP contribution in [0.1, 0.15) is 54.4 Å². The van der Waals surface area contributed by atoms with E-state index in [1.807, 2.05) is 46.8 Å². The van der Waals surface area contributed by atoms with Gasteiger partial charge in [-0.2, -0.15) is 0 Å². The SMILES string of the molecule is CCC(C)(C)N(SN(C)C(=O)OC1=C2OC=CC=C2CC1(C)C)P1(=O)OCC(C)O1. The van der Waals surface area contributed by atoms with E-state index in [0.717, 1.165) is 24.1 Å². The van der Waals surface area contributed by atoms with Gasteiger partial charge in [0.15, 0.2) is 11.5 Å². The average Bonchev–Trinajstić information content (AvgIpc) is 3.15. The molecule has 8 nitrogen and oxygen atoms in total.